The fraction of sp³-hybridized carbons (Fsp3) is 0.400. The maximum Gasteiger partial charge on any atom is 0.408 e. The average molecular weight is 289 g/mol. The smallest absolute Gasteiger partial charge is 0.408 e. The number of rotatable bonds is 4. The Kier molecular flexibility index (Phi) is 5.30. The van der Waals surface area contributed by atoms with Crippen molar-refractivity contribution in [2.24, 2.45) is 0 Å². The Bertz CT molecular complexity index is 570. The summed E-state index contributed by atoms with van der Waals surface area (Å²) in [6, 6.07) is 7.50. The van der Waals surface area contributed by atoms with Gasteiger partial charge in [0.2, 0.25) is 0 Å². The molecule has 21 heavy (non-hydrogen) atoms. The van der Waals surface area contributed by atoms with E-state index in [1.165, 1.54) is 6.07 Å². The van der Waals surface area contributed by atoms with Crippen LogP contribution in [-0.2, 0) is 9.53 Å². The van der Waals surface area contributed by atoms with Crippen molar-refractivity contribution in [3.63, 3.8) is 0 Å². The summed E-state index contributed by atoms with van der Waals surface area (Å²) in [5, 5.41) is 22.2. The van der Waals surface area contributed by atoms with E-state index in [1.807, 2.05) is 6.07 Å². The second kappa shape index (κ2) is 6.75. The first-order chi connectivity index (χ1) is 9.71. The van der Waals surface area contributed by atoms with Crippen LogP contribution in [0.2, 0.25) is 0 Å². The molecule has 6 heteroatoms. The number of aliphatic carboxylic acids is 1. The van der Waals surface area contributed by atoms with Crippen molar-refractivity contribution in [1.29, 1.82) is 5.26 Å². The van der Waals surface area contributed by atoms with Gasteiger partial charge < -0.3 is 20.0 Å². The van der Waals surface area contributed by atoms with Gasteiger partial charge in [-0.25, -0.2) is 4.79 Å². The zero-order valence-corrected chi connectivity index (χ0v) is 12.2. The molecular weight excluding hydrogens is 272 g/mol. The minimum Gasteiger partial charge on any atom is -0.550 e. The number of amides is 1. The molecule has 0 heterocycles. The van der Waals surface area contributed by atoms with Gasteiger partial charge in [-0.3, -0.25) is 0 Å². The highest BCUT2D eigenvalue weighted by atomic mass is 16.6. The van der Waals surface area contributed by atoms with E-state index in [-0.39, 0.29) is 0 Å². The standard InChI is InChI=1S/C15H18N2O4/c1-15(2,3)21-14(20)17-12(8-13(18)19)11-6-4-5-10(7-11)9-16/h4-7,12H,8H2,1-3H3,(H,17,20)(H,18,19)/p-1/t12-/m0/s1. The SMILES string of the molecule is CC(C)(C)OC(=O)N[C@@H](CC(=O)[O-])c1cccc(C#N)c1. The summed E-state index contributed by atoms with van der Waals surface area (Å²) in [7, 11) is 0. The van der Waals surface area contributed by atoms with Crippen molar-refractivity contribution in [3.05, 3.63) is 35.4 Å². The largest absolute Gasteiger partial charge is 0.550 e. The van der Waals surface area contributed by atoms with Gasteiger partial charge in [-0.15, -0.1) is 0 Å². The van der Waals surface area contributed by atoms with E-state index in [2.05, 4.69) is 5.32 Å². The Hall–Kier alpha value is -2.55. The van der Waals surface area contributed by atoms with Gasteiger partial charge in [-0.05, 0) is 38.5 Å². The van der Waals surface area contributed by atoms with E-state index < -0.39 is 30.1 Å². The molecule has 0 saturated carbocycles. The second-order valence-electron chi connectivity index (χ2n) is 5.51. The van der Waals surface area contributed by atoms with Crippen molar-refractivity contribution in [2.75, 3.05) is 0 Å². The van der Waals surface area contributed by atoms with Gasteiger partial charge in [0.05, 0.1) is 17.7 Å². The van der Waals surface area contributed by atoms with Gasteiger partial charge in [0.15, 0.2) is 0 Å². The Morgan fingerprint density at radius 1 is 1.43 bits per heavy atom. The summed E-state index contributed by atoms with van der Waals surface area (Å²) >= 11 is 0. The number of nitrogens with zero attached hydrogens (tertiary/aromatic N) is 1. The number of hydrogen-bond donors (Lipinski definition) is 1. The highest BCUT2D eigenvalue weighted by molar-refractivity contribution is 5.71. The molecule has 1 aromatic rings. The van der Waals surface area contributed by atoms with E-state index in [0.717, 1.165) is 0 Å². The topological polar surface area (TPSA) is 102 Å². The summed E-state index contributed by atoms with van der Waals surface area (Å²) < 4.78 is 5.10. The highest BCUT2D eigenvalue weighted by Gasteiger charge is 2.21. The van der Waals surface area contributed by atoms with Gasteiger partial charge in [-0.2, -0.15) is 5.26 Å². The zero-order valence-electron chi connectivity index (χ0n) is 12.2. The first-order valence-electron chi connectivity index (χ1n) is 6.40. The normalized spacial score (nSPS) is 12.1. The molecule has 0 aliphatic rings. The van der Waals surface area contributed by atoms with Crippen molar-refractivity contribution in [1.82, 2.24) is 5.32 Å². The molecule has 0 bridgehead atoms. The van der Waals surface area contributed by atoms with Crippen LogP contribution in [-0.4, -0.2) is 17.7 Å². The molecule has 0 aliphatic carbocycles. The summed E-state index contributed by atoms with van der Waals surface area (Å²) in [6.45, 7) is 5.12. The molecule has 0 aromatic heterocycles. The molecule has 0 spiro atoms. The Morgan fingerprint density at radius 2 is 2.10 bits per heavy atom. The van der Waals surface area contributed by atoms with E-state index in [4.69, 9.17) is 10.00 Å². The highest BCUT2D eigenvalue weighted by Crippen LogP contribution is 2.19. The maximum atomic E-state index is 11.8. The van der Waals surface area contributed by atoms with Gasteiger partial charge in [0.1, 0.15) is 5.60 Å². The van der Waals surface area contributed by atoms with Crippen LogP contribution < -0.4 is 10.4 Å². The molecule has 0 unspecified atom stereocenters. The van der Waals surface area contributed by atoms with Crippen LogP contribution in [0.5, 0.6) is 0 Å². The van der Waals surface area contributed by atoms with Gasteiger partial charge in [0, 0.05) is 12.4 Å². The lowest BCUT2D eigenvalue weighted by atomic mass is 10.0. The third kappa shape index (κ3) is 5.95. The number of nitrogens with one attached hydrogen (secondary N) is 1. The van der Waals surface area contributed by atoms with Crippen LogP contribution in [0.15, 0.2) is 24.3 Å². The molecule has 1 aromatic carbocycles. The van der Waals surface area contributed by atoms with Crippen molar-refractivity contribution in [3.8, 4) is 6.07 Å². The number of carboxylic acid groups (broad SMARTS) is 1. The Morgan fingerprint density at radius 3 is 2.62 bits per heavy atom. The third-order valence-electron chi connectivity index (χ3n) is 2.48. The van der Waals surface area contributed by atoms with Gasteiger partial charge in [-0.1, -0.05) is 12.1 Å². The zero-order chi connectivity index (χ0) is 16.0. The quantitative estimate of drug-likeness (QED) is 0.899. The molecule has 0 fully saturated rings. The van der Waals surface area contributed by atoms with E-state index in [1.54, 1.807) is 39.0 Å². The van der Waals surface area contributed by atoms with Crippen molar-refractivity contribution >= 4 is 12.1 Å². The third-order valence-corrected chi connectivity index (χ3v) is 2.48. The molecule has 1 amide bonds. The molecule has 112 valence electrons. The van der Waals surface area contributed by atoms with Crippen molar-refractivity contribution in [2.45, 2.75) is 38.8 Å². The molecule has 0 saturated heterocycles. The van der Waals surface area contributed by atoms with E-state index in [0.29, 0.717) is 11.1 Å². The number of ether oxygens (including phenoxy) is 1. The minimum atomic E-state index is -1.31. The lowest BCUT2D eigenvalue weighted by Gasteiger charge is -2.24. The first kappa shape index (κ1) is 16.5. The second-order valence-corrected chi connectivity index (χ2v) is 5.51. The summed E-state index contributed by atoms with van der Waals surface area (Å²) in [5.74, 6) is -1.31. The summed E-state index contributed by atoms with van der Waals surface area (Å²) in [5.41, 5.74) is 0.191. The molecule has 0 aliphatic heterocycles. The number of alkyl carbamates (subject to hydrolysis) is 1. The van der Waals surface area contributed by atoms with Crippen LogP contribution in [0.1, 0.15) is 44.4 Å². The van der Waals surface area contributed by atoms with E-state index >= 15 is 0 Å². The number of carbonyl (C=O) groups is 2. The predicted molar refractivity (Wildman–Crippen MR) is 72.9 cm³/mol. The predicted octanol–water partition coefficient (Wildman–Crippen LogP) is 1.26. The van der Waals surface area contributed by atoms with Crippen LogP contribution in [0.4, 0.5) is 4.79 Å². The first-order valence-corrected chi connectivity index (χ1v) is 6.40. The number of carboxylic acids is 1. The fourth-order valence-corrected chi connectivity index (χ4v) is 1.69. The molecule has 1 rings (SSSR count). The van der Waals surface area contributed by atoms with Crippen LogP contribution in [0, 0.1) is 11.3 Å². The van der Waals surface area contributed by atoms with Crippen LogP contribution in [0.25, 0.3) is 0 Å². The molecule has 1 N–H and O–H groups in total. The Labute approximate surface area is 123 Å². The minimum absolute atomic E-state index is 0.377. The molecule has 6 nitrogen and oxygen atoms in total. The summed E-state index contributed by atoms with van der Waals surface area (Å²) in [6.07, 6.45) is -1.13. The average Bonchev–Trinajstić information content (AvgIpc) is 2.35. The molecule has 1 atom stereocenters. The number of carbonyl (C=O) groups excluding carboxylic acids is 2. The lowest BCUT2D eigenvalue weighted by Crippen LogP contribution is -2.37. The number of hydrogen-bond acceptors (Lipinski definition) is 5. The van der Waals surface area contributed by atoms with Crippen molar-refractivity contribution < 1.29 is 19.4 Å². The summed E-state index contributed by atoms with van der Waals surface area (Å²) in [4.78, 5) is 22.6. The molecule has 0 radical (unpaired) electrons. The van der Waals surface area contributed by atoms with Crippen LogP contribution >= 0.6 is 0 Å². The maximum absolute atomic E-state index is 11.8. The monoisotopic (exact) mass is 289 g/mol. The Balaban J connectivity index is 2.93. The fourth-order valence-electron chi connectivity index (χ4n) is 1.69. The van der Waals surface area contributed by atoms with Gasteiger partial charge in [0.25, 0.3) is 0 Å². The number of nitriles is 1. The van der Waals surface area contributed by atoms with Gasteiger partial charge >= 0.3 is 6.09 Å². The van der Waals surface area contributed by atoms with E-state index in [9.17, 15) is 14.7 Å². The lowest BCUT2D eigenvalue weighted by molar-refractivity contribution is -0.306. The number of benzene rings is 1. The van der Waals surface area contributed by atoms with Crippen LogP contribution in [0.3, 0.4) is 0 Å². The molecular formula is C15H17N2O4-.